The van der Waals surface area contributed by atoms with Crippen LogP contribution < -0.4 is 5.32 Å². The molecule has 4 aromatic rings. The molecule has 0 saturated carbocycles. The van der Waals surface area contributed by atoms with E-state index in [-0.39, 0.29) is 55.6 Å². The Morgan fingerprint density at radius 1 is 1.04 bits per heavy atom. The number of aromatic nitrogens is 3. The van der Waals surface area contributed by atoms with E-state index in [4.69, 9.17) is 14.2 Å². The first-order valence-corrected chi connectivity index (χ1v) is 16.4. The van der Waals surface area contributed by atoms with Crippen molar-refractivity contribution in [3.05, 3.63) is 119 Å². The number of ether oxygens (including phenoxy) is 4. The molecule has 0 amide bonds. The largest absolute Gasteiger partial charge is 0.469 e. The number of carbonyl (C=O) groups is 3. The molecule has 14 heteroatoms. The molecule has 3 unspecified atom stereocenters. The molecule has 270 valence electrons. The smallest absolute Gasteiger partial charge is 0.310 e. The van der Waals surface area contributed by atoms with Gasteiger partial charge in [-0.3, -0.25) is 14.4 Å². The van der Waals surface area contributed by atoms with Gasteiger partial charge in [0.25, 0.3) is 0 Å². The predicted molar refractivity (Wildman–Crippen MR) is 184 cm³/mol. The number of rotatable bonds is 10. The molecule has 6 rings (SSSR count). The summed E-state index contributed by atoms with van der Waals surface area (Å²) in [5.41, 5.74) is 1.39. The first kappa shape index (κ1) is 37.3. The molecule has 2 aliphatic rings. The van der Waals surface area contributed by atoms with Gasteiger partial charge in [-0.1, -0.05) is 54.1 Å². The number of anilines is 1. The van der Waals surface area contributed by atoms with Crippen LogP contribution in [0.5, 0.6) is 0 Å². The Bertz CT molecular complexity index is 2040. The van der Waals surface area contributed by atoms with Crippen molar-refractivity contribution in [2.45, 2.75) is 50.4 Å². The number of halogens is 2. The second kappa shape index (κ2) is 16.8. The van der Waals surface area contributed by atoms with E-state index < -0.39 is 35.7 Å². The minimum atomic E-state index is -1.84. The molecule has 0 radical (unpaired) electrons. The van der Waals surface area contributed by atoms with Crippen LogP contribution in [0.4, 0.5) is 14.6 Å². The van der Waals surface area contributed by atoms with Crippen LogP contribution in [-0.4, -0.2) is 65.5 Å². The summed E-state index contributed by atoms with van der Waals surface area (Å²) in [5.74, 6) is -2.16. The zero-order valence-corrected chi connectivity index (χ0v) is 28.8. The standard InChI is InChI=1S/C29H28FN5O5.C9H9FO2/c1-18-5-3-6-19(11-18)13-25(36)39-23-15-38-29(16-31,24-10-9-22-28(32-2)33-17-34-35(22)24)27(23)40-26(37)14-20-7-4-8-21(30)12-20;1-12-9(11)6-7-3-2-4-8(10)5-7/h3-11,17,20,23,27H,12-15H2,1-2H3,(H,32,33,34);2-5H,6H2,1H3/t20?,23?,27?,29-;/m0./s1. The fourth-order valence-electron chi connectivity index (χ4n) is 6.01. The molecule has 0 spiro atoms. The summed E-state index contributed by atoms with van der Waals surface area (Å²) in [7, 11) is 3.01. The Balaban J connectivity index is 0.000000370. The fourth-order valence-corrected chi connectivity index (χ4v) is 6.01. The molecule has 1 aliphatic carbocycles. The molecule has 1 fully saturated rings. The normalized spacial score (nSPS) is 20.5. The number of methoxy groups -OCH3 is 1. The third kappa shape index (κ3) is 8.85. The van der Waals surface area contributed by atoms with E-state index in [0.29, 0.717) is 16.9 Å². The van der Waals surface area contributed by atoms with Gasteiger partial charge in [0, 0.05) is 13.5 Å². The van der Waals surface area contributed by atoms with Crippen molar-refractivity contribution in [2.75, 3.05) is 26.1 Å². The highest BCUT2D eigenvalue weighted by molar-refractivity contribution is 5.74. The van der Waals surface area contributed by atoms with Crippen LogP contribution in [-0.2, 0) is 51.8 Å². The number of carbonyl (C=O) groups excluding carboxylic acids is 3. The molecule has 0 bridgehead atoms. The molecule has 3 heterocycles. The van der Waals surface area contributed by atoms with Crippen molar-refractivity contribution < 1.29 is 42.1 Å². The Morgan fingerprint density at radius 2 is 1.79 bits per heavy atom. The minimum absolute atomic E-state index is 0.0102. The molecule has 1 saturated heterocycles. The number of nitrogens with zero attached hydrogens (tertiary/aromatic N) is 4. The van der Waals surface area contributed by atoms with Crippen LogP contribution in [0.25, 0.3) is 5.52 Å². The Labute approximate surface area is 298 Å². The van der Waals surface area contributed by atoms with Crippen molar-refractivity contribution in [3.8, 4) is 6.07 Å². The molecule has 4 atom stereocenters. The van der Waals surface area contributed by atoms with Crippen molar-refractivity contribution in [1.29, 1.82) is 5.26 Å². The summed E-state index contributed by atoms with van der Waals surface area (Å²) in [6.45, 7) is 1.73. The zero-order valence-electron chi connectivity index (χ0n) is 28.8. The Kier molecular flexibility index (Phi) is 12.1. The summed E-state index contributed by atoms with van der Waals surface area (Å²) in [4.78, 5) is 41.0. The summed E-state index contributed by atoms with van der Waals surface area (Å²) < 4.78 is 49.9. The van der Waals surface area contributed by atoms with Gasteiger partial charge < -0.3 is 24.3 Å². The average Bonchev–Trinajstić information content (AvgIpc) is 3.70. The number of benzene rings is 2. The van der Waals surface area contributed by atoms with Gasteiger partial charge in [-0.05, 0) is 54.3 Å². The summed E-state index contributed by atoms with van der Waals surface area (Å²) in [6.07, 6.45) is 3.61. The monoisotopic (exact) mass is 713 g/mol. The van der Waals surface area contributed by atoms with Gasteiger partial charge in [-0.2, -0.15) is 10.4 Å². The van der Waals surface area contributed by atoms with E-state index in [9.17, 15) is 28.4 Å². The van der Waals surface area contributed by atoms with E-state index in [0.717, 1.165) is 11.1 Å². The number of nitrogens with one attached hydrogen (secondary N) is 1. The SMILES string of the molecule is CNc1ncnn2c([C@]3(C#N)OCC(OC(=O)Cc4cccc(C)c4)C3OC(=O)CC3C=CC=C(F)C3)ccc12.COC(=O)Cc1cccc(F)c1. The van der Waals surface area contributed by atoms with Gasteiger partial charge in [-0.25, -0.2) is 18.3 Å². The lowest BCUT2D eigenvalue weighted by Gasteiger charge is -2.29. The van der Waals surface area contributed by atoms with E-state index in [1.165, 1.54) is 36.2 Å². The minimum Gasteiger partial charge on any atom is -0.469 e. The summed E-state index contributed by atoms with van der Waals surface area (Å²) in [6, 6.07) is 18.9. The maximum atomic E-state index is 13.8. The number of allylic oxidation sites excluding steroid dienone is 4. The Hall–Kier alpha value is -5.94. The van der Waals surface area contributed by atoms with Gasteiger partial charge in [0.2, 0.25) is 5.60 Å². The van der Waals surface area contributed by atoms with Crippen LogP contribution in [0.2, 0.25) is 0 Å². The maximum absolute atomic E-state index is 13.8. The molecular formula is C38H37F2N5O7. The topological polar surface area (TPSA) is 154 Å². The number of aryl methyl sites for hydroxylation is 1. The predicted octanol–water partition coefficient (Wildman–Crippen LogP) is 5.26. The first-order valence-electron chi connectivity index (χ1n) is 16.4. The van der Waals surface area contributed by atoms with Crippen molar-refractivity contribution in [1.82, 2.24) is 14.6 Å². The highest BCUT2D eigenvalue weighted by Crippen LogP contribution is 2.41. The quantitative estimate of drug-likeness (QED) is 0.169. The van der Waals surface area contributed by atoms with E-state index in [1.54, 1.807) is 43.5 Å². The number of hydrogen-bond acceptors (Lipinski definition) is 11. The van der Waals surface area contributed by atoms with Crippen molar-refractivity contribution in [3.63, 3.8) is 0 Å². The highest BCUT2D eigenvalue weighted by Gasteiger charge is 2.58. The summed E-state index contributed by atoms with van der Waals surface area (Å²) in [5, 5.41) is 17.7. The molecule has 2 aromatic heterocycles. The van der Waals surface area contributed by atoms with Crippen LogP contribution in [0.3, 0.4) is 0 Å². The third-order valence-corrected chi connectivity index (χ3v) is 8.43. The summed E-state index contributed by atoms with van der Waals surface area (Å²) >= 11 is 0. The van der Waals surface area contributed by atoms with Gasteiger partial charge in [0.05, 0.1) is 38.7 Å². The fraction of sp³-hybridized carbons (Fsp3) is 0.316. The highest BCUT2D eigenvalue weighted by atomic mass is 19.1. The first-order chi connectivity index (χ1) is 25.0. The number of fused-ring (bicyclic) bond motifs is 1. The lowest BCUT2D eigenvalue weighted by molar-refractivity contribution is -0.169. The zero-order chi connectivity index (χ0) is 37.3. The van der Waals surface area contributed by atoms with Crippen LogP contribution in [0.1, 0.15) is 35.2 Å². The van der Waals surface area contributed by atoms with Crippen LogP contribution in [0.15, 0.2) is 91.0 Å². The molecule has 52 heavy (non-hydrogen) atoms. The van der Waals surface area contributed by atoms with E-state index in [1.807, 2.05) is 31.2 Å². The molecular weight excluding hydrogens is 676 g/mol. The van der Waals surface area contributed by atoms with E-state index in [2.05, 4.69) is 26.2 Å². The lowest BCUT2D eigenvalue weighted by atomic mass is 9.92. The van der Waals surface area contributed by atoms with Crippen molar-refractivity contribution >= 4 is 29.2 Å². The number of hydrogen-bond donors (Lipinski definition) is 1. The average molecular weight is 714 g/mol. The van der Waals surface area contributed by atoms with Crippen LogP contribution in [0, 0.1) is 30.0 Å². The maximum Gasteiger partial charge on any atom is 0.310 e. The van der Waals surface area contributed by atoms with Gasteiger partial charge in [-0.15, -0.1) is 0 Å². The third-order valence-electron chi connectivity index (χ3n) is 8.43. The van der Waals surface area contributed by atoms with E-state index >= 15 is 0 Å². The second-order valence-electron chi connectivity index (χ2n) is 12.2. The number of nitriles is 1. The molecule has 1 aliphatic heterocycles. The van der Waals surface area contributed by atoms with Gasteiger partial charge in [0.1, 0.15) is 29.6 Å². The van der Waals surface area contributed by atoms with Crippen LogP contribution >= 0.6 is 0 Å². The molecule has 12 nitrogen and oxygen atoms in total. The molecule has 2 aromatic carbocycles. The second-order valence-corrected chi connectivity index (χ2v) is 12.2. The molecule has 1 N–H and O–H groups in total. The van der Waals surface area contributed by atoms with Gasteiger partial charge in [0.15, 0.2) is 18.0 Å². The lowest BCUT2D eigenvalue weighted by Crippen LogP contribution is -2.45. The Morgan fingerprint density at radius 3 is 2.48 bits per heavy atom. The number of esters is 3. The van der Waals surface area contributed by atoms with Gasteiger partial charge >= 0.3 is 17.9 Å². The van der Waals surface area contributed by atoms with Crippen molar-refractivity contribution in [2.24, 2.45) is 5.92 Å².